The second kappa shape index (κ2) is 5.43. The van der Waals surface area contributed by atoms with E-state index < -0.39 is 0 Å². The zero-order valence-corrected chi connectivity index (χ0v) is 8.25. The van der Waals surface area contributed by atoms with E-state index in [4.69, 9.17) is 10.2 Å². The first-order valence-electron chi connectivity index (χ1n) is 4.58. The van der Waals surface area contributed by atoms with E-state index in [1.807, 2.05) is 25.1 Å². The lowest BCUT2D eigenvalue weighted by Crippen LogP contribution is -1.89. The van der Waals surface area contributed by atoms with Crippen LogP contribution in [0.3, 0.4) is 0 Å². The van der Waals surface area contributed by atoms with E-state index in [0.29, 0.717) is 6.42 Å². The third-order valence-electron chi connectivity index (χ3n) is 1.99. The van der Waals surface area contributed by atoms with Crippen LogP contribution in [0.1, 0.15) is 23.1 Å². The van der Waals surface area contributed by atoms with Gasteiger partial charge in [0, 0.05) is 12.0 Å². The first kappa shape index (κ1) is 10.8. The molecule has 0 fully saturated rings. The van der Waals surface area contributed by atoms with Gasteiger partial charge in [0.05, 0.1) is 13.2 Å². The summed E-state index contributed by atoms with van der Waals surface area (Å²) in [5.41, 5.74) is 2.86. The fraction of sp³-hybridized carbons (Fsp3) is 0.333. The molecule has 0 amide bonds. The van der Waals surface area contributed by atoms with Gasteiger partial charge in [-0.1, -0.05) is 17.9 Å². The molecule has 0 radical (unpaired) electrons. The minimum Gasteiger partial charge on any atom is -0.395 e. The molecule has 1 aromatic rings. The lowest BCUT2D eigenvalue weighted by Gasteiger charge is -2.01. The Bertz CT molecular complexity index is 358. The number of hydrogen-bond donors (Lipinski definition) is 2. The van der Waals surface area contributed by atoms with Gasteiger partial charge in [0.2, 0.25) is 0 Å². The van der Waals surface area contributed by atoms with Crippen LogP contribution >= 0.6 is 0 Å². The van der Waals surface area contributed by atoms with Crippen molar-refractivity contribution in [2.24, 2.45) is 0 Å². The molecule has 0 aliphatic heterocycles. The van der Waals surface area contributed by atoms with Crippen LogP contribution in [0.2, 0.25) is 0 Å². The maximum atomic E-state index is 9.03. The van der Waals surface area contributed by atoms with E-state index in [9.17, 15) is 0 Å². The van der Waals surface area contributed by atoms with Crippen molar-refractivity contribution in [3.8, 4) is 11.8 Å². The predicted octanol–water partition coefficient (Wildman–Crippen LogP) is 1.22. The molecule has 74 valence electrons. The first-order chi connectivity index (χ1) is 6.77. The molecule has 0 saturated heterocycles. The summed E-state index contributed by atoms with van der Waals surface area (Å²) in [4.78, 5) is 0. The topological polar surface area (TPSA) is 40.5 Å². The maximum absolute atomic E-state index is 9.03. The van der Waals surface area contributed by atoms with Crippen LogP contribution in [0.4, 0.5) is 0 Å². The summed E-state index contributed by atoms with van der Waals surface area (Å²) in [5, 5.41) is 17.6. The third kappa shape index (κ3) is 2.88. The molecule has 2 nitrogen and oxygen atoms in total. The number of rotatable bonds is 2. The highest BCUT2D eigenvalue weighted by atomic mass is 16.3. The van der Waals surface area contributed by atoms with Crippen LogP contribution in [-0.2, 0) is 6.61 Å². The van der Waals surface area contributed by atoms with Crippen molar-refractivity contribution < 1.29 is 10.2 Å². The molecular weight excluding hydrogens is 176 g/mol. The molecule has 2 N–H and O–H groups in total. The molecule has 0 heterocycles. The Kier molecular flexibility index (Phi) is 4.18. The fourth-order valence-electron chi connectivity index (χ4n) is 1.14. The third-order valence-corrected chi connectivity index (χ3v) is 1.99. The smallest absolute Gasteiger partial charge is 0.0684 e. The molecule has 0 bridgehead atoms. The van der Waals surface area contributed by atoms with Gasteiger partial charge < -0.3 is 10.2 Å². The van der Waals surface area contributed by atoms with Crippen molar-refractivity contribution in [2.45, 2.75) is 20.0 Å². The van der Waals surface area contributed by atoms with Crippen molar-refractivity contribution in [3.63, 3.8) is 0 Å². The Morgan fingerprint density at radius 3 is 2.71 bits per heavy atom. The zero-order valence-electron chi connectivity index (χ0n) is 8.25. The second-order valence-electron chi connectivity index (χ2n) is 3.07. The molecule has 0 aliphatic rings. The number of aliphatic hydroxyl groups excluding tert-OH is 2. The quantitative estimate of drug-likeness (QED) is 0.688. The highest BCUT2D eigenvalue weighted by Crippen LogP contribution is 2.10. The zero-order chi connectivity index (χ0) is 10.4. The van der Waals surface area contributed by atoms with Gasteiger partial charge in [-0.3, -0.25) is 0 Å². The molecule has 0 aromatic heterocycles. The lowest BCUT2D eigenvalue weighted by molar-refractivity contribution is 0.281. The maximum Gasteiger partial charge on any atom is 0.0684 e. The minimum absolute atomic E-state index is 0.0430. The highest BCUT2D eigenvalue weighted by Gasteiger charge is 1.96. The van der Waals surface area contributed by atoms with Gasteiger partial charge in [-0.2, -0.15) is 0 Å². The molecule has 0 unspecified atom stereocenters. The van der Waals surface area contributed by atoms with Gasteiger partial charge in [0.25, 0.3) is 0 Å². The standard InChI is InChI=1S/C12H14O2/c1-10-5-6-11(4-2-3-7-13)8-12(10)9-14/h5-6,8,13-14H,3,7,9H2,1H3. The average Bonchev–Trinajstić information content (AvgIpc) is 2.21. The van der Waals surface area contributed by atoms with Gasteiger partial charge in [0.1, 0.15) is 0 Å². The Hall–Kier alpha value is -1.30. The highest BCUT2D eigenvalue weighted by molar-refractivity contribution is 5.40. The first-order valence-corrected chi connectivity index (χ1v) is 4.58. The Morgan fingerprint density at radius 1 is 1.29 bits per heavy atom. The van der Waals surface area contributed by atoms with Crippen LogP contribution < -0.4 is 0 Å². The Balaban J connectivity index is 2.86. The van der Waals surface area contributed by atoms with E-state index in [2.05, 4.69) is 11.8 Å². The number of benzene rings is 1. The summed E-state index contributed by atoms with van der Waals surface area (Å²) in [7, 11) is 0. The van der Waals surface area contributed by atoms with Gasteiger partial charge in [-0.25, -0.2) is 0 Å². The molecule has 0 aliphatic carbocycles. The van der Waals surface area contributed by atoms with Gasteiger partial charge >= 0.3 is 0 Å². The number of aryl methyl sites for hydroxylation is 1. The van der Waals surface area contributed by atoms with E-state index in [1.54, 1.807) is 0 Å². The van der Waals surface area contributed by atoms with Crippen LogP contribution in [0.25, 0.3) is 0 Å². The van der Waals surface area contributed by atoms with E-state index in [-0.39, 0.29) is 13.2 Å². The summed E-state index contributed by atoms with van der Waals surface area (Å²) in [6.45, 7) is 2.09. The van der Waals surface area contributed by atoms with Crippen molar-refractivity contribution in [1.82, 2.24) is 0 Å². The molecule has 2 heteroatoms. The van der Waals surface area contributed by atoms with Crippen molar-refractivity contribution in [1.29, 1.82) is 0 Å². The Labute approximate surface area is 84.2 Å². The van der Waals surface area contributed by atoms with Crippen molar-refractivity contribution in [3.05, 3.63) is 34.9 Å². The molecule has 0 atom stereocenters. The Morgan fingerprint density at radius 2 is 2.07 bits per heavy atom. The molecular formula is C12H14O2. The molecule has 0 saturated carbocycles. The predicted molar refractivity (Wildman–Crippen MR) is 55.7 cm³/mol. The molecule has 1 rings (SSSR count). The van der Waals surface area contributed by atoms with Gasteiger partial charge in [-0.15, -0.1) is 0 Å². The van der Waals surface area contributed by atoms with Crippen LogP contribution in [0, 0.1) is 18.8 Å². The molecule has 14 heavy (non-hydrogen) atoms. The fourth-order valence-corrected chi connectivity index (χ4v) is 1.14. The summed E-state index contributed by atoms with van der Waals surface area (Å²) in [6.07, 6.45) is 0.488. The second-order valence-corrected chi connectivity index (χ2v) is 3.07. The van der Waals surface area contributed by atoms with Crippen LogP contribution in [0.5, 0.6) is 0 Å². The average molecular weight is 190 g/mol. The monoisotopic (exact) mass is 190 g/mol. The summed E-state index contributed by atoms with van der Waals surface area (Å²) < 4.78 is 0. The SMILES string of the molecule is Cc1ccc(C#CCCO)cc1CO. The molecule has 1 aromatic carbocycles. The van der Waals surface area contributed by atoms with Crippen molar-refractivity contribution >= 4 is 0 Å². The van der Waals surface area contributed by atoms with Gasteiger partial charge in [-0.05, 0) is 30.2 Å². The summed E-state index contributed by atoms with van der Waals surface area (Å²) in [6, 6.07) is 5.73. The van der Waals surface area contributed by atoms with E-state index in [1.165, 1.54) is 0 Å². The van der Waals surface area contributed by atoms with Crippen LogP contribution in [0.15, 0.2) is 18.2 Å². The summed E-state index contributed by atoms with van der Waals surface area (Å²) >= 11 is 0. The van der Waals surface area contributed by atoms with Gasteiger partial charge in [0.15, 0.2) is 0 Å². The minimum atomic E-state index is 0.0430. The van der Waals surface area contributed by atoms with E-state index >= 15 is 0 Å². The van der Waals surface area contributed by atoms with Crippen molar-refractivity contribution in [2.75, 3.05) is 6.61 Å². The summed E-state index contributed by atoms with van der Waals surface area (Å²) in [5.74, 6) is 5.77. The number of aliphatic hydroxyl groups is 2. The van der Waals surface area contributed by atoms with E-state index in [0.717, 1.165) is 16.7 Å². The van der Waals surface area contributed by atoms with Crippen LogP contribution in [-0.4, -0.2) is 16.8 Å². The molecule has 0 spiro atoms. The number of hydrogen-bond acceptors (Lipinski definition) is 2. The normalized spacial score (nSPS) is 9.36. The lowest BCUT2D eigenvalue weighted by atomic mass is 10.1. The largest absolute Gasteiger partial charge is 0.395 e.